The van der Waals surface area contributed by atoms with E-state index in [0.29, 0.717) is 17.4 Å². The Kier molecular flexibility index (Phi) is 4.63. The van der Waals surface area contributed by atoms with Crippen LogP contribution in [0.2, 0.25) is 0 Å². The molecule has 1 aliphatic heterocycles. The first-order chi connectivity index (χ1) is 14.3. The number of nitriles is 1. The van der Waals surface area contributed by atoms with Gasteiger partial charge in [0.05, 0.1) is 11.6 Å². The Hall–Kier alpha value is -3.35. The van der Waals surface area contributed by atoms with Gasteiger partial charge in [-0.15, -0.1) is 0 Å². The first-order valence-electron chi connectivity index (χ1n) is 10.2. The van der Waals surface area contributed by atoms with E-state index in [1.54, 1.807) is 0 Å². The summed E-state index contributed by atoms with van der Waals surface area (Å²) in [7, 11) is 0. The van der Waals surface area contributed by atoms with Crippen molar-refractivity contribution in [1.29, 1.82) is 5.26 Å². The lowest BCUT2D eigenvalue weighted by Crippen LogP contribution is -2.46. The van der Waals surface area contributed by atoms with Gasteiger partial charge in [-0.05, 0) is 53.9 Å². The second kappa shape index (κ2) is 7.58. The molecule has 1 aliphatic rings. The number of hydrogen-bond donors (Lipinski definition) is 2. The van der Waals surface area contributed by atoms with Crippen LogP contribution in [-0.4, -0.2) is 18.1 Å². The standard InChI is InChI=1S/C26H23N3/c27-14-18-11-12-24-22(13-18)23(17-29-24)26(21-15-28-16-21)25(19-7-3-1-4-8-19)20-9-5-2-6-10-20/h1-13,17,21,25-26,28-29H,15-16H2. The van der Waals surface area contributed by atoms with Gasteiger partial charge in [-0.1, -0.05) is 60.7 Å². The predicted octanol–water partition coefficient (Wildman–Crippen LogP) is 5.17. The molecule has 1 atom stereocenters. The maximum Gasteiger partial charge on any atom is 0.0991 e. The van der Waals surface area contributed by atoms with Gasteiger partial charge in [0.2, 0.25) is 0 Å². The second-order valence-electron chi connectivity index (χ2n) is 7.86. The Bertz CT molecular complexity index is 1110. The Balaban J connectivity index is 1.72. The fourth-order valence-corrected chi connectivity index (χ4v) is 4.69. The number of nitrogens with one attached hydrogen (secondary N) is 2. The van der Waals surface area contributed by atoms with Gasteiger partial charge in [-0.25, -0.2) is 0 Å². The number of aromatic amines is 1. The van der Waals surface area contributed by atoms with Crippen LogP contribution < -0.4 is 5.32 Å². The molecule has 3 nitrogen and oxygen atoms in total. The Morgan fingerprint density at radius 3 is 2.07 bits per heavy atom. The molecule has 0 radical (unpaired) electrons. The average Bonchev–Trinajstić information content (AvgIpc) is 3.16. The lowest BCUT2D eigenvalue weighted by atomic mass is 9.69. The third-order valence-corrected chi connectivity index (χ3v) is 6.20. The topological polar surface area (TPSA) is 51.6 Å². The highest BCUT2D eigenvalue weighted by molar-refractivity contribution is 5.85. The number of benzene rings is 3. The first-order valence-corrected chi connectivity index (χ1v) is 10.2. The van der Waals surface area contributed by atoms with E-state index in [-0.39, 0.29) is 5.92 Å². The molecule has 2 N–H and O–H groups in total. The predicted molar refractivity (Wildman–Crippen MR) is 117 cm³/mol. The summed E-state index contributed by atoms with van der Waals surface area (Å²) in [6, 6.07) is 29.9. The van der Waals surface area contributed by atoms with Crippen LogP contribution in [0.15, 0.2) is 85.1 Å². The Labute approximate surface area is 171 Å². The monoisotopic (exact) mass is 377 g/mol. The molecule has 1 saturated heterocycles. The molecule has 3 aromatic carbocycles. The number of nitrogens with zero attached hydrogens (tertiary/aromatic N) is 1. The molecular weight excluding hydrogens is 354 g/mol. The van der Waals surface area contributed by atoms with Crippen molar-refractivity contribution in [3.63, 3.8) is 0 Å². The number of fused-ring (bicyclic) bond motifs is 1. The number of rotatable bonds is 5. The van der Waals surface area contributed by atoms with E-state index in [4.69, 9.17) is 0 Å². The quantitative estimate of drug-likeness (QED) is 0.504. The van der Waals surface area contributed by atoms with Crippen molar-refractivity contribution in [2.75, 3.05) is 13.1 Å². The summed E-state index contributed by atoms with van der Waals surface area (Å²) >= 11 is 0. The van der Waals surface area contributed by atoms with Crippen LogP contribution in [0.25, 0.3) is 10.9 Å². The molecule has 1 fully saturated rings. The average molecular weight is 377 g/mol. The zero-order chi connectivity index (χ0) is 19.6. The lowest BCUT2D eigenvalue weighted by Gasteiger charge is -2.40. The van der Waals surface area contributed by atoms with E-state index in [1.807, 2.05) is 18.2 Å². The van der Waals surface area contributed by atoms with Crippen molar-refractivity contribution in [1.82, 2.24) is 10.3 Å². The molecule has 0 amide bonds. The van der Waals surface area contributed by atoms with Gasteiger partial charge in [0, 0.05) is 28.9 Å². The van der Waals surface area contributed by atoms with Crippen molar-refractivity contribution in [2.45, 2.75) is 11.8 Å². The molecule has 3 heteroatoms. The maximum absolute atomic E-state index is 9.43. The smallest absolute Gasteiger partial charge is 0.0991 e. The minimum absolute atomic E-state index is 0.259. The van der Waals surface area contributed by atoms with Gasteiger partial charge in [0.25, 0.3) is 0 Å². The maximum atomic E-state index is 9.43. The molecule has 2 heterocycles. The molecule has 4 aromatic rings. The Morgan fingerprint density at radius 2 is 1.52 bits per heavy atom. The summed E-state index contributed by atoms with van der Waals surface area (Å²) in [5.74, 6) is 1.13. The molecule has 0 aliphatic carbocycles. The van der Waals surface area contributed by atoms with Gasteiger partial charge < -0.3 is 10.3 Å². The molecule has 142 valence electrons. The highest BCUT2D eigenvalue weighted by atomic mass is 15.0. The highest BCUT2D eigenvalue weighted by Gasteiger charge is 2.37. The van der Waals surface area contributed by atoms with E-state index < -0.39 is 0 Å². The third kappa shape index (κ3) is 3.22. The van der Waals surface area contributed by atoms with Crippen molar-refractivity contribution in [3.05, 3.63) is 107 Å². The summed E-state index contributed by atoms with van der Waals surface area (Å²) in [6.45, 7) is 2.04. The fourth-order valence-electron chi connectivity index (χ4n) is 4.69. The van der Waals surface area contributed by atoms with Gasteiger partial charge >= 0.3 is 0 Å². The summed E-state index contributed by atoms with van der Waals surface area (Å²) in [5.41, 5.74) is 5.78. The molecule has 5 rings (SSSR count). The summed E-state index contributed by atoms with van der Waals surface area (Å²) in [5, 5.41) is 14.1. The van der Waals surface area contributed by atoms with Crippen LogP contribution in [-0.2, 0) is 0 Å². The number of hydrogen-bond acceptors (Lipinski definition) is 2. The fraction of sp³-hybridized carbons (Fsp3) is 0.192. The van der Waals surface area contributed by atoms with Crippen LogP contribution in [0.1, 0.15) is 34.1 Å². The van der Waals surface area contributed by atoms with E-state index >= 15 is 0 Å². The van der Waals surface area contributed by atoms with E-state index in [0.717, 1.165) is 24.0 Å². The SMILES string of the molecule is N#Cc1ccc2[nH]cc(C(C3CNC3)C(c3ccccc3)c3ccccc3)c2c1. The molecular formula is C26H23N3. The van der Waals surface area contributed by atoms with Crippen LogP contribution in [0.5, 0.6) is 0 Å². The molecule has 0 bridgehead atoms. The summed E-state index contributed by atoms with van der Waals surface area (Å²) in [6.07, 6.45) is 2.16. The number of aromatic nitrogens is 1. The van der Waals surface area contributed by atoms with Gasteiger partial charge in [0.15, 0.2) is 0 Å². The zero-order valence-corrected chi connectivity index (χ0v) is 16.2. The normalized spacial score (nSPS) is 15.2. The molecule has 29 heavy (non-hydrogen) atoms. The highest BCUT2D eigenvalue weighted by Crippen LogP contribution is 2.46. The second-order valence-corrected chi connectivity index (χ2v) is 7.86. The molecule has 1 unspecified atom stereocenters. The van der Waals surface area contributed by atoms with Crippen molar-refractivity contribution < 1.29 is 0 Å². The number of H-pyrrole nitrogens is 1. The van der Waals surface area contributed by atoms with Crippen LogP contribution in [0.3, 0.4) is 0 Å². The lowest BCUT2D eigenvalue weighted by molar-refractivity contribution is 0.275. The summed E-state index contributed by atoms with van der Waals surface area (Å²) in [4.78, 5) is 3.45. The van der Waals surface area contributed by atoms with Gasteiger partial charge in [0.1, 0.15) is 0 Å². The van der Waals surface area contributed by atoms with Crippen LogP contribution in [0.4, 0.5) is 0 Å². The van der Waals surface area contributed by atoms with Gasteiger partial charge in [-0.2, -0.15) is 5.26 Å². The van der Waals surface area contributed by atoms with Crippen LogP contribution in [0, 0.1) is 17.2 Å². The van der Waals surface area contributed by atoms with E-state index in [9.17, 15) is 5.26 Å². The van der Waals surface area contributed by atoms with Crippen molar-refractivity contribution in [3.8, 4) is 6.07 Å². The molecule has 0 spiro atoms. The van der Waals surface area contributed by atoms with E-state index in [1.165, 1.54) is 16.7 Å². The zero-order valence-electron chi connectivity index (χ0n) is 16.2. The minimum atomic E-state index is 0.259. The molecule has 1 aromatic heterocycles. The largest absolute Gasteiger partial charge is 0.361 e. The minimum Gasteiger partial charge on any atom is -0.361 e. The first kappa shape index (κ1) is 17.7. The van der Waals surface area contributed by atoms with Gasteiger partial charge in [-0.3, -0.25) is 0 Å². The van der Waals surface area contributed by atoms with Crippen LogP contribution >= 0.6 is 0 Å². The molecule has 0 saturated carbocycles. The summed E-state index contributed by atoms with van der Waals surface area (Å²) < 4.78 is 0. The van der Waals surface area contributed by atoms with Crippen molar-refractivity contribution >= 4 is 10.9 Å². The third-order valence-electron chi connectivity index (χ3n) is 6.20. The Morgan fingerprint density at radius 1 is 0.862 bits per heavy atom. The van der Waals surface area contributed by atoms with Crippen molar-refractivity contribution in [2.24, 2.45) is 5.92 Å². The van der Waals surface area contributed by atoms with E-state index in [2.05, 4.69) is 83.2 Å².